The maximum absolute atomic E-state index is 13.0. The van der Waals surface area contributed by atoms with Crippen molar-refractivity contribution in [1.82, 2.24) is 9.97 Å². The number of aromatic nitrogens is 2. The first-order valence-electron chi connectivity index (χ1n) is 11.3. The van der Waals surface area contributed by atoms with Crippen molar-refractivity contribution in [2.45, 2.75) is 32.9 Å². The highest BCUT2D eigenvalue weighted by atomic mass is 19.4. The van der Waals surface area contributed by atoms with Crippen LogP contribution in [0.15, 0.2) is 28.9 Å². The molecule has 1 fully saturated rings. The Morgan fingerprint density at radius 1 is 1.35 bits per heavy atom. The van der Waals surface area contributed by atoms with Crippen LogP contribution in [0.1, 0.15) is 26.7 Å². The summed E-state index contributed by atoms with van der Waals surface area (Å²) in [5.41, 5.74) is 3.96. The van der Waals surface area contributed by atoms with Gasteiger partial charge in [0.2, 0.25) is 11.6 Å². The Kier molecular flexibility index (Phi) is 10.8. The van der Waals surface area contributed by atoms with E-state index in [9.17, 15) is 28.1 Å². The molecule has 0 saturated carbocycles. The summed E-state index contributed by atoms with van der Waals surface area (Å²) in [7, 11) is 0. The van der Waals surface area contributed by atoms with E-state index < -0.39 is 40.8 Å². The monoisotopic (exact) mass is 530 g/mol. The van der Waals surface area contributed by atoms with Crippen molar-refractivity contribution in [3.05, 3.63) is 34.0 Å². The first-order valence-corrected chi connectivity index (χ1v) is 11.3. The fraction of sp³-hybridized carbons (Fsp3) is 0.545. The molecular weight excluding hydrogens is 501 g/mol. The van der Waals surface area contributed by atoms with Crippen molar-refractivity contribution in [3.8, 4) is 6.01 Å². The second-order valence-corrected chi connectivity index (χ2v) is 7.94. The molecule has 2 heterocycles. The van der Waals surface area contributed by atoms with Gasteiger partial charge >= 0.3 is 23.8 Å². The summed E-state index contributed by atoms with van der Waals surface area (Å²) < 4.78 is 54.8. The molecule has 12 nitrogen and oxygen atoms in total. The molecule has 15 heteroatoms. The standard InChI is InChI=1S/C22H29F3N6O6/c1-4-16(22(23,24)25)27-10-14(3)11-30(12-17(32)36-5-2)20-18(31(33)34)19(26)28-21(29-20)37-13-15-6-8-35-9-7-15/h4,10,15H,3,5-9,11-13H2,1-2H3,(H2,26,28,29)/b16-4-,27-10-. The molecule has 0 spiro atoms. The van der Waals surface area contributed by atoms with Crippen LogP contribution in [0.4, 0.5) is 30.5 Å². The van der Waals surface area contributed by atoms with E-state index in [1.165, 1.54) is 6.92 Å². The van der Waals surface area contributed by atoms with Gasteiger partial charge in [0.1, 0.15) is 12.2 Å². The summed E-state index contributed by atoms with van der Waals surface area (Å²) in [4.78, 5) is 35.7. The van der Waals surface area contributed by atoms with Crippen LogP contribution in [-0.4, -0.2) is 72.8 Å². The molecular formula is C22H29F3N6O6. The third-order valence-corrected chi connectivity index (χ3v) is 5.11. The lowest BCUT2D eigenvalue weighted by atomic mass is 10.0. The Bertz CT molecular complexity index is 1040. The van der Waals surface area contributed by atoms with E-state index in [0.29, 0.717) is 13.2 Å². The summed E-state index contributed by atoms with van der Waals surface area (Å²) in [5.74, 6) is -1.52. The largest absolute Gasteiger partial charge is 0.465 e. The number of hydrogen-bond donors (Lipinski definition) is 1. The van der Waals surface area contributed by atoms with Gasteiger partial charge < -0.3 is 24.8 Å². The van der Waals surface area contributed by atoms with Crippen molar-refractivity contribution in [1.29, 1.82) is 0 Å². The van der Waals surface area contributed by atoms with Crippen molar-refractivity contribution in [3.63, 3.8) is 0 Å². The second-order valence-electron chi connectivity index (χ2n) is 7.94. The summed E-state index contributed by atoms with van der Waals surface area (Å²) in [6, 6.07) is -0.258. The number of halogens is 3. The van der Waals surface area contributed by atoms with Gasteiger partial charge in [-0.25, -0.2) is 0 Å². The van der Waals surface area contributed by atoms with Gasteiger partial charge in [-0.2, -0.15) is 23.1 Å². The average Bonchev–Trinajstić information content (AvgIpc) is 2.82. The second kappa shape index (κ2) is 13.5. The first kappa shape index (κ1) is 29.5. The van der Waals surface area contributed by atoms with Crippen LogP contribution >= 0.6 is 0 Å². The van der Waals surface area contributed by atoms with E-state index in [-0.39, 0.29) is 43.1 Å². The number of nitrogen functional groups attached to an aromatic ring is 1. The van der Waals surface area contributed by atoms with E-state index in [1.54, 1.807) is 6.92 Å². The molecule has 1 aromatic rings. The molecule has 2 rings (SSSR count). The van der Waals surface area contributed by atoms with Gasteiger partial charge in [0, 0.05) is 26.0 Å². The number of esters is 1. The van der Waals surface area contributed by atoms with Crippen LogP contribution in [0, 0.1) is 16.0 Å². The number of aliphatic imine (C=N–C) groups is 1. The fourth-order valence-electron chi connectivity index (χ4n) is 3.33. The minimum Gasteiger partial charge on any atom is -0.465 e. The highest BCUT2D eigenvalue weighted by Crippen LogP contribution is 2.33. The number of anilines is 2. The average molecular weight is 531 g/mol. The molecule has 0 atom stereocenters. The maximum atomic E-state index is 13.0. The topological polar surface area (TPSA) is 155 Å². The summed E-state index contributed by atoms with van der Waals surface area (Å²) >= 11 is 0. The highest BCUT2D eigenvalue weighted by molar-refractivity contribution is 5.83. The Morgan fingerprint density at radius 2 is 2.03 bits per heavy atom. The normalized spacial score (nSPS) is 15.0. The van der Waals surface area contributed by atoms with Gasteiger partial charge in [-0.3, -0.25) is 19.9 Å². The van der Waals surface area contributed by atoms with E-state index in [0.717, 1.165) is 30.0 Å². The third kappa shape index (κ3) is 9.00. The van der Waals surface area contributed by atoms with Crippen molar-refractivity contribution in [2.24, 2.45) is 10.9 Å². The zero-order valence-electron chi connectivity index (χ0n) is 20.5. The lowest BCUT2D eigenvalue weighted by Crippen LogP contribution is -2.34. The number of carbonyl (C=O) groups is 1. The summed E-state index contributed by atoms with van der Waals surface area (Å²) in [5, 5.41) is 11.8. The molecule has 0 radical (unpaired) electrons. The minimum absolute atomic E-state index is 0.0101. The van der Waals surface area contributed by atoms with Gasteiger partial charge in [0.25, 0.3) is 0 Å². The lowest BCUT2D eigenvalue weighted by molar-refractivity contribution is -0.383. The SMILES string of the molecule is C=C(/C=N\C(=C/C)C(F)(F)F)CN(CC(=O)OCC)c1nc(OCC2CCOCC2)nc(N)c1[N+](=O)[O-]. The number of alkyl halides is 3. The number of allylic oxidation sites excluding steroid dienone is 2. The van der Waals surface area contributed by atoms with Crippen LogP contribution in [0.5, 0.6) is 6.01 Å². The highest BCUT2D eigenvalue weighted by Gasteiger charge is 2.33. The molecule has 37 heavy (non-hydrogen) atoms. The fourth-order valence-corrected chi connectivity index (χ4v) is 3.33. The third-order valence-electron chi connectivity index (χ3n) is 5.11. The van der Waals surface area contributed by atoms with E-state index >= 15 is 0 Å². The Hall–Kier alpha value is -3.75. The van der Waals surface area contributed by atoms with Crippen LogP contribution < -0.4 is 15.4 Å². The van der Waals surface area contributed by atoms with Crippen LogP contribution in [-0.2, 0) is 14.3 Å². The molecule has 204 valence electrons. The van der Waals surface area contributed by atoms with Crippen molar-refractivity contribution >= 4 is 29.5 Å². The predicted octanol–water partition coefficient (Wildman–Crippen LogP) is 3.24. The number of hydrogen-bond acceptors (Lipinski definition) is 11. The summed E-state index contributed by atoms with van der Waals surface area (Å²) in [6.45, 7) is 6.86. The van der Waals surface area contributed by atoms with Crippen molar-refractivity contribution < 1.29 is 37.1 Å². The first-order chi connectivity index (χ1) is 17.5. The van der Waals surface area contributed by atoms with E-state index in [4.69, 9.17) is 19.9 Å². The number of nitro groups is 1. The molecule has 0 aromatic carbocycles. The van der Waals surface area contributed by atoms with Gasteiger partial charge in [-0.1, -0.05) is 12.7 Å². The number of carbonyl (C=O) groups excluding carboxylic acids is 1. The molecule has 0 bridgehead atoms. The molecule has 1 aliphatic heterocycles. The van der Waals surface area contributed by atoms with Gasteiger partial charge in [0.05, 0.1) is 18.1 Å². The lowest BCUT2D eigenvalue weighted by Gasteiger charge is -2.24. The molecule has 1 saturated heterocycles. The zero-order valence-corrected chi connectivity index (χ0v) is 20.5. The number of nitrogens with zero attached hydrogens (tertiary/aromatic N) is 5. The quantitative estimate of drug-likeness (QED) is 0.184. The number of nitrogens with two attached hydrogens (primary N) is 1. The van der Waals surface area contributed by atoms with Gasteiger partial charge in [-0.15, -0.1) is 0 Å². The molecule has 1 aliphatic rings. The van der Waals surface area contributed by atoms with Gasteiger partial charge in [0.15, 0.2) is 0 Å². The summed E-state index contributed by atoms with van der Waals surface area (Å²) in [6.07, 6.45) is -1.57. The minimum atomic E-state index is -4.69. The number of ether oxygens (including phenoxy) is 3. The van der Waals surface area contributed by atoms with Crippen LogP contribution in [0.25, 0.3) is 0 Å². The van der Waals surface area contributed by atoms with Crippen molar-refractivity contribution in [2.75, 3.05) is 50.2 Å². The zero-order chi connectivity index (χ0) is 27.6. The number of rotatable bonds is 12. The van der Waals surface area contributed by atoms with E-state index in [2.05, 4.69) is 21.5 Å². The molecule has 0 amide bonds. The molecule has 0 unspecified atom stereocenters. The molecule has 0 aliphatic carbocycles. The maximum Gasteiger partial charge on any atom is 0.433 e. The van der Waals surface area contributed by atoms with Crippen LogP contribution in [0.3, 0.4) is 0 Å². The Balaban J connectivity index is 2.39. The Labute approximate surface area is 211 Å². The van der Waals surface area contributed by atoms with Crippen LogP contribution in [0.2, 0.25) is 0 Å². The smallest absolute Gasteiger partial charge is 0.433 e. The Morgan fingerprint density at radius 3 is 2.59 bits per heavy atom. The van der Waals surface area contributed by atoms with Gasteiger partial charge in [-0.05, 0) is 38.2 Å². The van der Waals surface area contributed by atoms with E-state index in [1.807, 2.05) is 0 Å². The molecule has 1 aromatic heterocycles. The molecule has 2 N–H and O–H groups in total. The predicted molar refractivity (Wildman–Crippen MR) is 128 cm³/mol.